The Labute approximate surface area is 138 Å². The standard InChI is InChI=1S/C14H20BrN3O2S/c1-3-4-7-20-12-6-5-10(8-11(12)15)9-13(19)17-18-14(21)16-2/h5-6,8H,3-4,7,9H2,1-2H3,(H,17,19)(H2,16,18,21). The molecule has 0 bridgehead atoms. The zero-order valence-corrected chi connectivity index (χ0v) is 14.6. The van der Waals surface area contributed by atoms with Crippen molar-refractivity contribution in [3.05, 3.63) is 28.2 Å². The highest BCUT2D eigenvalue weighted by Gasteiger charge is 2.07. The molecule has 0 aliphatic carbocycles. The van der Waals surface area contributed by atoms with Crippen LogP contribution < -0.4 is 20.9 Å². The van der Waals surface area contributed by atoms with Crippen molar-refractivity contribution in [3.8, 4) is 5.75 Å². The van der Waals surface area contributed by atoms with Gasteiger partial charge in [0.05, 0.1) is 17.5 Å². The third-order valence-electron chi connectivity index (χ3n) is 2.66. The molecule has 0 aromatic heterocycles. The summed E-state index contributed by atoms with van der Waals surface area (Å²) < 4.78 is 6.50. The Hall–Kier alpha value is -1.34. The maximum Gasteiger partial charge on any atom is 0.242 e. The molecule has 7 heteroatoms. The number of carbonyl (C=O) groups is 1. The highest BCUT2D eigenvalue weighted by molar-refractivity contribution is 9.10. The zero-order valence-electron chi connectivity index (χ0n) is 12.2. The molecule has 0 saturated heterocycles. The lowest BCUT2D eigenvalue weighted by Crippen LogP contribution is -2.46. The molecule has 1 amide bonds. The minimum absolute atomic E-state index is 0.167. The Morgan fingerprint density at radius 1 is 1.38 bits per heavy atom. The first-order valence-electron chi connectivity index (χ1n) is 6.74. The molecule has 3 N–H and O–H groups in total. The number of hydrogen-bond donors (Lipinski definition) is 3. The summed E-state index contributed by atoms with van der Waals surface area (Å²) >= 11 is 8.33. The molecule has 5 nitrogen and oxygen atoms in total. The van der Waals surface area contributed by atoms with Crippen LogP contribution in [0.4, 0.5) is 0 Å². The Bertz CT molecular complexity index is 497. The van der Waals surface area contributed by atoms with Gasteiger partial charge in [0.2, 0.25) is 5.91 Å². The van der Waals surface area contributed by atoms with Crippen molar-refractivity contribution in [2.24, 2.45) is 0 Å². The fourth-order valence-electron chi connectivity index (χ4n) is 1.52. The topological polar surface area (TPSA) is 62.4 Å². The highest BCUT2D eigenvalue weighted by Crippen LogP contribution is 2.26. The monoisotopic (exact) mass is 373 g/mol. The predicted molar refractivity (Wildman–Crippen MR) is 91.2 cm³/mol. The molecular formula is C14H20BrN3O2S. The van der Waals surface area contributed by atoms with Crippen molar-refractivity contribution in [3.63, 3.8) is 0 Å². The number of nitrogens with one attached hydrogen (secondary N) is 3. The van der Waals surface area contributed by atoms with Gasteiger partial charge in [-0.3, -0.25) is 15.6 Å². The third-order valence-corrected chi connectivity index (χ3v) is 3.58. The summed E-state index contributed by atoms with van der Waals surface area (Å²) in [5, 5.41) is 3.07. The number of benzene rings is 1. The normalized spacial score (nSPS) is 9.86. The number of hydrogen-bond acceptors (Lipinski definition) is 3. The molecule has 0 atom stereocenters. The number of halogens is 1. The molecule has 116 valence electrons. The van der Waals surface area contributed by atoms with E-state index in [0.29, 0.717) is 11.7 Å². The van der Waals surface area contributed by atoms with Gasteiger partial charge in [-0.05, 0) is 52.3 Å². The van der Waals surface area contributed by atoms with E-state index in [1.54, 1.807) is 7.05 Å². The van der Waals surface area contributed by atoms with Crippen molar-refractivity contribution in [2.45, 2.75) is 26.2 Å². The lowest BCUT2D eigenvalue weighted by Gasteiger charge is -2.11. The van der Waals surface area contributed by atoms with Gasteiger partial charge in [0, 0.05) is 7.05 Å². The van der Waals surface area contributed by atoms with Gasteiger partial charge in [0.1, 0.15) is 5.75 Å². The van der Waals surface area contributed by atoms with Crippen LogP contribution in [0.15, 0.2) is 22.7 Å². The van der Waals surface area contributed by atoms with Crippen molar-refractivity contribution >= 4 is 39.2 Å². The summed E-state index contributed by atoms with van der Waals surface area (Å²) in [5.74, 6) is 0.626. The minimum atomic E-state index is -0.167. The van der Waals surface area contributed by atoms with Crippen molar-refractivity contribution in [2.75, 3.05) is 13.7 Å². The maximum absolute atomic E-state index is 11.7. The summed E-state index contributed by atoms with van der Waals surface area (Å²) in [6.45, 7) is 2.81. The second-order valence-corrected chi connectivity index (χ2v) is 5.66. The summed E-state index contributed by atoms with van der Waals surface area (Å²) in [6.07, 6.45) is 2.37. The fourth-order valence-corrected chi connectivity index (χ4v) is 2.11. The van der Waals surface area contributed by atoms with Crippen LogP contribution in [-0.4, -0.2) is 24.7 Å². The van der Waals surface area contributed by atoms with E-state index >= 15 is 0 Å². The SMILES string of the molecule is CCCCOc1ccc(CC(=O)NNC(=S)NC)cc1Br. The van der Waals surface area contributed by atoms with Crippen molar-refractivity contribution in [1.82, 2.24) is 16.2 Å². The molecule has 1 aromatic rings. The van der Waals surface area contributed by atoms with E-state index in [2.05, 4.69) is 39.0 Å². The molecule has 1 aromatic carbocycles. The Morgan fingerprint density at radius 3 is 2.76 bits per heavy atom. The fraction of sp³-hybridized carbons (Fsp3) is 0.429. The average Bonchev–Trinajstić information content (AvgIpc) is 2.47. The summed E-state index contributed by atoms with van der Waals surface area (Å²) in [4.78, 5) is 11.7. The van der Waals surface area contributed by atoms with Crippen LogP contribution in [0.3, 0.4) is 0 Å². The first kappa shape index (κ1) is 17.7. The number of thiocarbonyl (C=S) groups is 1. The molecular weight excluding hydrogens is 354 g/mol. The second kappa shape index (κ2) is 9.57. The van der Waals surface area contributed by atoms with E-state index in [9.17, 15) is 4.79 Å². The second-order valence-electron chi connectivity index (χ2n) is 4.40. The van der Waals surface area contributed by atoms with E-state index in [1.165, 1.54) is 0 Å². The average molecular weight is 374 g/mol. The molecule has 0 radical (unpaired) electrons. The highest BCUT2D eigenvalue weighted by atomic mass is 79.9. The zero-order chi connectivity index (χ0) is 15.7. The van der Waals surface area contributed by atoms with Crippen LogP contribution >= 0.6 is 28.1 Å². The number of rotatable bonds is 6. The van der Waals surface area contributed by atoms with E-state index in [0.717, 1.165) is 28.6 Å². The molecule has 0 spiro atoms. The van der Waals surface area contributed by atoms with Gasteiger partial charge in [0.25, 0.3) is 0 Å². The summed E-state index contributed by atoms with van der Waals surface area (Å²) in [5.41, 5.74) is 6.00. The van der Waals surface area contributed by atoms with Crippen molar-refractivity contribution in [1.29, 1.82) is 0 Å². The van der Waals surface area contributed by atoms with Gasteiger partial charge in [-0.2, -0.15) is 0 Å². The van der Waals surface area contributed by atoms with E-state index in [-0.39, 0.29) is 12.3 Å². The quantitative estimate of drug-likeness (QED) is 0.405. The number of amides is 1. The Balaban J connectivity index is 2.51. The number of ether oxygens (including phenoxy) is 1. The number of carbonyl (C=O) groups excluding carboxylic acids is 1. The number of hydrazine groups is 1. The van der Waals surface area contributed by atoms with Crippen LogP contribution in [0, 0.1) is 0 Å². The molecule has 0 unspecified atom stereocenters. The predicted octanol–water partition coefficient (Wildman–Crippen LogP) is 2.30. The van der Waals surface area contributed by atoms with Crippen molar-refractivity contribution < 1.29 is 9.53 Å². The molecule has 0 aliphatic rings. The van der Waals surface area contributed by atoms with Crippen LogP contribution in [0.1, 0.15) is 25.3 Å². The van der Waals surface area contributed by atoms with E-state index < -0.39 is 0 Å². The van der Waals surface area contributed by atoms with E-state index in [1.807, 2.05) is 18.2 Å². The molecule has 0 fully saturated rings. The van der Waals surface area contributed by atoms with Gasteiger partial charge in [0.15, 0.2) is 5.11 Å². The van der Waals surface area contributed by atoms with Gasteiger partial charge >= 0.3 is 0 Å². The van der Waals surface area contributed by atoms with Crippen LogP contribution in [0.25, 0.3) is 0 Å². The Kier molecular flexibility index (Phi) is 8.07. The van der Waals surface area contributed by atoms with Gasteiger partial charge in [-0.25, -0.2) is 0 Å². The lowest BCUT2D eigenvalue weighted by molar-refractivity contribution is -0.121. The molecule has 0 heterocycles. The number of unbranched alkanes of at least 4 members (excludes halogenated alkanes) is 1. The van der Waals surface area contributed by atoms with Crippen LogP contribution in [0.5, 0.6) is 5.75 Å². The molecule has 21 heavy (non-hydrogen) atoms. The minimum Gasteiger partial charge on any atom is -0.492 e. The molecule has 0 saturated carbocycles. The first-order chi connectivity index (χ1) is 10.1. The molecule has 1 rings (SSSR count). The maximum atomic E-state index is 11.7. The van der Waals surface area contributed by atoms with Gasteiger partial charge in [-0.1, -0.05) is 19.4 Å². The van der Waals surface area contributed by atoms with Crippen LogP contribution in [0.2, 0.25) is 0 Å². The smallest absolute Gasteiger partial charge is 0.242 e. The van der Waals surface area contributed by atoms with E-state index in [4.69, 9.17) is 17.0 Å². The third kappa shape index (κ3) is 6.77. The Morgan fingerprint density at radius 2 is 2.14 bits per heavy atom. The summed E-state index contributed by atoms with van der Waals surface area (Å²) in [6, 6.07) is 5.63. The largest absolute Gasteiger partial charge is 0.492 e. The van der Waals surface area contributed by atoms with Crippen LogP contribution in [-0.2, 0) is 11.2 Å². The molecule has 0 aliphatic heterocycles. The van der Waals surface area contributed by atoms with Gasteiger partial charge in [-0.15, -0.1) is 0 Å². The summed E-state index contributed by atoms with van der Waals surface area (Å²) in [7, 11) is 1.68. The first-order valence-corrected chi connectivity index (χ1v) is 7.94. The van der Waals surface area contributed by atoms with Gasteiger partial charge < -0.3 is 10.1 Å². The lowest BCUT2D eigenvalue weighted by atomic mass is 10.1.